The summed E-state index contributed by atoms with van der Waals surface area (Å²) in [5.41, 5.74) is 1.30. The lowest BCUT2D eigenvalue weighted by molar-refractivity contribution is -0.00191. The summed E-state index contributed by atoms with van der Waals surface area (Å²) in [7, 11) is 0. The van der Waals surface area contributed by atoms with Crippen molar-refractivity contribution in [1.82, 2.24) is 10.4 Å². The second-order valence-corrected chi connectivity index (χ2v) is 7.86. The maximum Gasteiger partial charge on any atom is 0.429 e. The maximum atomic E-state index is 12.3. The number of hydrogen-bond acceptors (Lipinski definition) is 4. The Balaban J connectivity index is 2.68. The first-order valence-corrected chi connectivity index (χ1v) is 7.96. The molecule has 0 atom stereocenters. The van der Waals surface area contributed by atoms with Crippen LogP contribution in [0, 0.1) is 5.92 Å². The third kappa shape index (κ3) is 7.52. The molecule has 0 unspecified atom stereocenters. The summed E-state index contributed by atoms with van der Waals surface area (Å²) in [6.45, 7) is 11.2. The lowest BCUT2D eigenvalue weighted by Gasteiger charge is -2.30. The molecular formula is C16H30N2O4. The van der Waals surface area contributed by atoms with Gasteiger partial charge in [0.2, 0.25) is 0 Å². The second-order valence-electron chi connectivity index (χ2n) is 7.86. The van der Waals surface area contributed by atoms with Gasteiger partial charge in [0.1, 0.15) is 11.2 Å². The Kier molecular flexibility index (Phi) is 6.08. The van der Waals surface area contributed by atoms with E-state index in [4.69, 9.17) is 9.47 Å². The highest BCUT2D eigenvalue weighted by Gasteiger charge is 2.28. The summed E-state index contributed by atoms with van der Waals surface area (Å²) >= 11 is 0. The molecule has 6 heteroatoms. The molecule has 6 nitrogen and oxygen atoms in total. The highest BCUT2D eigenvalue weighted by molar-refractivity contribution is 5.74. The molecule has 0 aromatic heterocycles. The van der Waals surface area contributed by atoms with E-state index in [2.05, 4.69) is 5.43 Å². The molecule has 1 aliphatic carbocycles. The number of nitrogens with zero attached hydrogens (tertiary/aromatic N) is 1. The molecule has 2 amide bonds. The number of nitrogens with one attached hydrogen (secondary N) is 1. The number of hydrogen-bond donors (Lipinski definition) is 1. The monoisotopic (exact) mass is 314 g/mol. The quantitative estimate of drug-likeness (QED) is 0.786. The summed E-state index contributed by atoms with van der Waals surface area (Å²) in [4.78, 5) is 24.2. The van der Waals surface area contributed by atoms with E-state index in [1.54, 1.807) is 41.5 Å². The van der Waals surface area contributed by atoms with E-state index in [1.807, 2.05) is 0 Å². The van der Waals surface area contributed by atoms with E-state index >= 15 is 0 Å². The van der Waals surface area contributed by atoms with E-state index in [0.29, 0.717) is 12.5 Å². The minimum Gasteiger partial charge on any atom is -0.443 e. The molecule has 0 aromatic rings. The number of rotatable bonds is 2. The molecule has 1 aliphatic rings. The molecule has 0 spiro atoms. The minimum absolute atomic E-state index is 0.391. The average molecular weight is 314 g/mol. The maximum absolute atomic E-state index is 12.3. The summed E-state index contributed by atoms with van der Waals surface area (Å²) in [5, 5.41) is 1.25. The van der Waals surface area contributed by atoms with Crippen molar-refractivity contribution in [2.24, 2.45) is 5.92 Å². The standard InChI is InChI=1S/C16H30N2O4/c1-15(2,3)21-13(19)17-18(11-12-9-7-8-10-12)14(20)22-16(4,5)6/h12H,7-11H2,1-6H3,(H,17,19). The van der Waals surface area contributed by atoms with Crippen LogP contribution in [0.15, 0.2) is 0 Å². The highest BCUT2D eigenvalue weighted by atomic mass is 16.6. The number of hydrazine groups is 1. The smallest absolute Gasteiger partial charge is 0.429 e. The molecular weight excluding hydrogens is 284 g/mol. The van der Waals surface area contributed by atoms with Crippen LogP contribution < -0.4 is 5.43 Å². The van der Waals surface area contributed by atoms with Gasteiger partial charge in [-0.2, -0.15) is 0 Å². The topological polar surface area (TPSA) is 67.9 Å². The van der Waals surface area contributed by atoms with Crippen molar-refractivity contribution in [2.75, 3.05) is 6.54 Å². The first-order chi connectivity index (χ1) is 9.96. The molecule has 22 heavy (non-hydrogen) atoms. The zero-order chi connectivity index (χ0) is 17.0. The number of amides is 2. The van der Waals surface area contributed by atoms with Crippen molar-refractivity contribution >= 4 is 12.2 Å². The Labute approximate surface area is 133 Å². The summed E-state index contributed by atoms with van der Waals surface area (Å²) in [5.74, 6) is 0.391. The Morgan fingerprint density at radius 2 is 1.50 bits per heavy atom. The lowest BCUT2D eigenvalue weighted by Crippen LogP contribution is -2.51. The van der Waals surface area contributed by atoms with Gasteiger partial charge in [-0.3, -0.25) is 0 Å². The largest absolute Gasteiger partial charge is 0.443 e. The minimum atomic E-state index is -0.642. The fraction of sp³-hybridized carbons (Fsp3) is 0.875. The third-order valence-electron chi connectivity index (χ3n) is 3.15. The fourth-order valence-electron chi connectivity index (χ4n) is 2.35. The summed E-state index contributed by atoms with van der Waals surface area (Å²) in [6.07, 6.45) is 3.27. The first kappa shape index (κ1) is 18.6. The zero-order valence-electron chi connectivity index (χ0n) is 14.7. The first-order valence-electron chi connectivity index (χ1n) is 7.96. The predicted octanol–water partition coefficient (Wildman–Crippen LogP) is 3.85. The Morgan fingerprint density at radius 3 is 1.95 bits per heavy atom. The van der Waals surface area contributed by atoms with Crippen LogP contribution >= 0.6 is 0 Å². The van der Waals surface area contributed by atoms with Gasteiger partial charge in [-0.1, -0.05) is 12.8 Å². The third-order valence-corrected chi connectivity index (χ3v) is 3.15. The van der Waals surface area contributed by atoms with Gasteiger partial charge in [0.05, 0.1) is 0 Å². The van der Waals surface area contributed by atoms with Gasteiger partial charge < -0.3 is 9.47 Å². The molecule has 128 valence electrons. The highest BCUT2D eigenvalue weighted by Crippen LogP contribution is 2.25. The van der Waals surface area contributed by atoms with Crippen LogP contribution in [0.4, 0.5) is 9.59 Å². The van der Waals surface area contributed by atoms with Crippen LogP contribution in [0.25, 0.3) is 0 Å². The van der Waals surface area contributed by atoms with Crippen LogP contribution in [0.3, 0.4) is 0 Å². The van der Waals surface area contributed by atoms with E-state index in [9.17, 15) is 9.59 Å². The van der Waals surface area contributed by atoms with Gasteiger partial charge in [-0.05, 0) is 60.3 Å². The summed E-state index contributed by atoms with van der Waals surface area (Å²) in [6, 6.07) is 0. The van der Waals surface area contributed by atoms with Crippen LogP contribution in [0.5, 0.6) is 0 Å². The van der Waals surface area contributed by atoms with Crippen molar-refractivity contribution in [3.8, 4) is 0 Å². The Morgan fingerprint density at radius 1 is 1.00 bits per heavy atom. The van der Waals surface area contributed by atoms with Gasteiger partial charge in [-0.25, -0.2) is 20.0 Å². The molecule has 1 N–H and O–H groups in total. The molecule has 0 heterocycles. The van der Waals surface area contributed by atoms with Crippen LogP contribution in [0.2, 0.25) is 0 Å². The van der Waals surface area contributed by atoms with E-state index in [1.165, 1.54) is 17.9 Å². The number of ether oxygens (including phenoxy) is 2. The SMILES string of the molecule is CC(C)(C)OC(=O)NN(CC1CCCC1)C(=O)OC(C)(C)C. The Hall–Kier alpha value is -1.46. The van der Waals surface area contributed by atoms with Crippen LogP contribution in [-0.2, 0) is 9.47 Å². The molecule has 0 aliphatic heterocycles. The number of carbonyl (C=O) groups is 2. The summed E-state index contributed by atoms with van der Waals surface area (Å²) < 4.78 is 10.6. The normalized spacial score (nSPS) is 16.3. The lowest BCUT2D eigenvalue weighted by atomic mass is 10.1. The van der Waals surface area contributed by atoms with E-state index in [-0.39, 0.29) is 0 Å². The molecule has 0 radical (unpaired) electrons. The van der Waals surface area contributed by atoms with Gasteiger partial charge in [0.15, 0.2) is 0 Å². The van der Waals surface area contributed by atoms with Gasteiger partial charge in [0.25, 0.3) is 0 Å². The van der Waals surface area contributed by atoms with Gasteiger partial charge in [0, 0.05) is 6.54 Å². The van der Waals surface area contributed by atoms with Crippen LogP contribution in [-0.4, -0.2) is 34.9 Å². The fourth-order valence-corrected chi connectivity index (χ4v) is 2.35. The van der Waals surface area contributed by atoms with Gasteiger partial charge in [-0.15, -0.1) is 0 Å². The average Bonchev–Trinajstić information content (AvgIpc) is 2.75. The van der Waals surface area contributed by atoms with Crippen molar-refractivity contribution in [3.05, 3.63) is 0 Å². The molecule has 1 rings (SSSR count). The van der Waals surface area contributed by atoms with E-state index in [0.717, 1.165) is 12.8 Å². The van der Waals surface area contributed by atoms with Crippen molar-refractivity contribution in [1.29, 1.82) is 0 Å². The Bertz CT molecular complexity index is 390. The van der Waals surface area contributed by atoms with Crippen molar-refractivity contribution in [3.63, 3.8) is 0 Å². The van der Waals surface area contributed by atoms with Gasteiger partial charge >= 0.3 is 12.2 Å². The zero-order valence-corrected chi connectivity index (χ0v) is 14.7. The molecule has 0 aromatic carbocycles. The van der Waals surface area contributed by atoms with Crippen molar-refractivity contribution < 1.29 is 19.1 Å². The predicted molar refractivity (Wildman–Crippen MR) is 84.3 cm³/mol. The number of carbonyl (C=O) groups excluding carboxylic acids is 2. The van der Waals surface area contributed by atoms with Crippen molar-refractivity contribution in [2.45, 2.75) is 78.4 Å². The molecule has 0 bridgehead atoms. The molecule has 1 saturated carbocycles. The van der Waals surface area contributed by atoms with Crippen LogP contribution in [0.1, 0.15) is 67.2 Å². The molecule has 0 saturated heterocycles. The second kappa shape index (κ2) is 7.20. The molecule has 1 fully saturated rings. The van der Waals surface area contributed by atoms with E-state index < -0.39 is 23.4 Å².